The van der Waals surface area contributed by atoms with Gasteiger partial charge >= 0.3 is 6.36 Å². The van der Waals surface area contributed by atoms with Gasteiger partial charge in [-0.1, -0.05) is 30.3 Å². The molecule has 2 rings (SSSR count). The van der Waals surface area contributed by atoms with E-state index in [-0.39, 0.29) is 17.9 Å². The fourth-order valence-corrected chi connectivity index (χ4v) is 3.55. The van der Waals surface area contributed by atoms with Crippen LogP contribution >= 0.6 is 0 Å². The van der Waals surface area contributed by atoms with Crippen molar-refractivity contribution in [2.75, 3.05) is 6.54 Å². The topological polar surface area (TPSA) is 114 Å². The number of rotatable bonds is 10. The Hall–Kier alpha value is -3.12. The summed E-state index contributed by atoms with van der Waals surface area (Å²) in [7, 11) is -4.05. The standard InChI is InChI=1S/C20H22F3N3O5S/c1-14(19(28)24-13-15-5-3-2-4-6-15)26-18(27)11-12-25-32(29,30)17-9-7-16(8-10-17)31-20(21,22)23/h2-10,14,25H,11-13H2,1H3,(H,24,28)(H,26,27). The minimum absolute atomic E-state index is 0.245. The molecule has 0 heterocycles. The molecule has 0 aromatic heterocycles. The monoisotopic (exact) mass is 473 g/mol. The van der Waals surface area contributed by atoms with Crippen LogP contribution in [0.4, 0.5) is 13.2 Å². The molecule has 0 aliphatic carbocycles. The quantitative estimate of drug-likeness (QED) is 0.489. The number of sulfonamides is 1. The van der Waals surface area contributed by atoms with Crippen LogP contribution in [0.2, 0.25) is 0 Å². The van der Waals surface area contributed by atoms with Crippen LogP contribution in [0.1, 0.15) is 18.9 Å². The maximum Gasteiger partial charge on any atom is 0.573 e. The first-order valence-electron chi connectivity index (χ1n) is 9.43. The van der Waals surface area contributed by atoms with E-state index in [1.54, 1.807) is 0 Å². The SMILES string of the molecule is CC(NC(=O)CCNS(=O)(=O)c1ccc(OC(F)(F)F)cc1)C(=O)NCc1ccccc1. The molecule has 32 heavy (non-hydrogen) atoms. The van der Waals surface area contributed by atoms with E-state index in [9.17, 15) is 31.2 Å². The number of ether oxygens (including phenoxy) is 1. The van der Waals surface area contributed by atoms with E-state index < -0.39 is 40.0 Å². The predicted molar refractivity (Wildman–Crippen MR) is 109 cm³/mol. The molecule has 8 nitrogen and oxygen atoms in total. The minimum Gasteiger partial charge on any atom is -0.406 e. The maximum atomic E-state index is 12.2. The van der Waals surface area contributed by atoms with Crippen molar-refractivity contribution < 1.29 is 35.9 Å². The lowest BCUT2D eigenvalue weighted by Gasteiger charge is -2.14. The molecule has 1 atom stereocenters. The molecule has 2 aromatic rings. The Morgan fingerprint density at radius 3 is 2.25 bits per heavy atom. The van der Waals surface area contributed by atoms with E-state index in [4.69, 9.17) is 0 Å². The van der Waals surface area contributed by atoms with Gasteiger partial charge in [-0.2, -0.15) is 0 Å². The zero-order valence-corrected chi connectivity index (χ0v) is 17.8. The smallest absolute Gasteiger partial charge is 0.406 e. The second-order valence-corrected chi connectivity index (χ2v) is 8.43. The Labute approximate surface area is 183 Å². The molecule has 0 fully saturated rings. The van der Waals surface area contributed by atoms with Gasteiger partial charge in [-0.25, -0.2) is 13.1 Å². The molecule has 0 spiro atoms. The minimum atomic E-state index is -4.89. The van der Waals surface area contributed by atoms with Crippen LogP contribution in [0, 0.1) is 0 Å². The summed E-state index contributed by atoms with van der Waals surface area (Å²) in [5.74, 6) is -1.51. The van der Waals surface area contributed by atoms with E-state index in [1.165, 1.54) is 6.92 Å². The summed E-state index contributed by atoms with van der Waals surface area (Å²) in [6.45, 7) is 1.52. The first kappa shape index (κ1) is 25.1. The third-order valence-corrected chi connectivity index (χ3v) is 5.57. The zero-order valence-electron chi connectivity index (χ0n) is 17.0. The number of nitrogens with one attached hydrogen (secondary N) is 3. The van der Waals surface area contributed by atoms with Crippen molar-refractivity contribution in [1.29, 1.82) is 0 Å². The number of hydrogen-bond acceptors (Lipinski definition) is 5. The van der Waals surface area contributed by atoms with Crippen molar-refractivity contribution in [3.05, 3.63) is 60.2 Å². The molecule has 0 radical (unpaired) electrons. The lowest BCUT2D eigenvalue weighted by molar-refractivity contribution is -0.274. The van der Waals surface area contributed by atoms with Gasteiger partial charge in [-0.05, 0) is 36.8 Å². The molecule has 0 saturated carbocycles. The number of carbonyl (C=O) groups is 2. The van der Waals surface area contributed by atoms with Gasteiger partial charge in [0.2, 0.25) is 21.8 Å². The molecule has 0 bridgehead atoms. The summed E-state index contributed by atoms with van der Waals surface area (Å²) in [6, 6.07) is 12.0. The summed E-state index contributed by atoms with van der Waals surface area (Å²) in [5.41, 5.74) is 0.895. The fraction of sp³-hybridized carbons (Fsp3) is 0.300. The molecule has 3 N–H and O–H groups in total. The second-order valence-electron chi connectivity index (χ2n) is 6.66. The van der Waals surface area contributed by atoms with E-state index >= 15 is 0 Å². The molecule has 2 amide bonds. The molecule has 2 aromatic carbocycles. The van der Waals surface area contributed by atoms with E-state index in [1.807, 2.05) is 30.3 Å². The third kappa shape index (κ3) is 8.55. The first-order chi connectivity index (χ1) is 15.0. The molecule has 0 aliphatic rings. The van der Waals surface area contributed by atoms with Crippen molar-refractivity contribution in [3.8, 4) is 5.75 Å². The van der Waals surface area contributed by atoms with Gasteiger partial charge in [0.15, 0.2) is 0 Å². The predicted octanol–water partition coefficient (Wildman–Crippen LogP) is 2.07. The number of hydrogen-bond donors (Lipinski definition) is 3. The van der Waals surface area contributed by atoms with Gasteiger partial charge in [-0.15, -0.1) is 13.2 Å². The van der Waals surface area contributed by atoms with E-state index in [0.717, 1.165) is 29.8 Å². The largest absolute Gasteiger partial charge is 0.573 e. The molecule has 12 heteroatoms. The molecule has 0 aliphatic heterocycles. The van der Waals surface area contributed by atoms with Gasteiger partial charge in [-0.3, -0.25) is 9.59 Å². The second kappa shape index (κ2) is 11.0. The van der Waals surface area contributed by atoms with Gasteiger partial charge in [0.05, 0.1) is 4.90 Å². The van der Waals surface area contributed by atoms with Gasteiger partial charge < -0.3 is 15.4 Å². The van der Waals surface area contributed by atoms with Crippen molar-refractivity contribution >= 4 is 21.8 Å². The Kier molecular flexibility index (Phi) is 8.61. The van der Waals surface area contributed by atoms with E-state index in [0.29, 0.717) is 6.54 Å². The van der Waals surface area contributed by atoms with Crippen molar-refractivity contribution in [1.82, 2.24) is 15.4 Å². The Morgan fingerprint density at radius 1 is 1.03 bits per heavy atom. The Morgan fingerprint density at radius 2 is 1.66 bits per heavy atom. The van der Waals surface area contributed by atoms with Crippen LogP contribution < -0.4 is 20.1 Å². The number of carbonyl (C=O) groups excluding carboxylic acids is 2. The van der Waals surface area contributed by atoms with Crippen LogP contribution in [0.3, 0.4) is 0 Å². The highest BCUT2D eigenvalue weighted by Gasteiger charge is 2.31. The molecule has 174 valence electrons. The van der Waals surface area contributed by atoms with Crippen LogP contribution in [0.25, 0.3) is 0 Å². The summed E-state index contributed by atoms with van der Waals surface area (Å²) in [6.07, 6.45) is -5.13. The molecular formula is C20H22F3N3O5S. The van der Waals surface area contributed by atoms with Crippen LogP contribution in [0.15, 0.2) is 59.5 Å². The average molecular weight is 473 g/mol. The highest BCUT2D eigenvalue weighted by molar-refractivity contribution is 7.89. The third-order valence-electron chi connectivity index (χ3n) is 4.09. The molecular weight excluding hydrogens is 451 g/mol. The van der Waals surface area contributed by atoms with Crippen molar-refractivity contribution in [2.24, 2.45) is 0 Å². The highest BCUT2D eigenvalue weighted by Crippen LogP contribution is 2.23. The lowest BCUT2D eigenvalue weighted by atomic mass is 10.2. The molecule has 0 saturated heterocycles. The normalized spacial score (nSPS) is 12.6. The van der Waals surface area contributed by atoms with Crippen LogP contribution in [0.5, 0.6) is 5.75 Å². The van der Waals surface area contributed by atoms with Crippen molar-refractivity contribution in [3.63, 3.8) is 0 Å². The summed E-state index contributed by atoms with van der Waals surface area (Å²) in [4.78, 5) is 23.8. The number of alkyl halides is 3. The number of halogens is 3. The van der Waals surface area contributed by atoms with Gasteiger partial charge in [0.1, 0.15) is 11.8 Å². The van der Waals surface area contributed by atoms with Crippen LogP contribution in [-0.2, 0) is 26.2 Å². The first-order valence-corrected chi connectivity index (χ1v) is 10.9. The summed E-state index contributed by atoms with van der Waals surface area (Å²) in [5, 5.41) is 5.14. The highest BCUT2D eigenvalue weighted by atomic mass is 32.2. The number of benzene rings is 2. The van der Waals surface area contributed by atoms with E-state index in [2.05, 4.69) is 20.1 Å². The van der Waals surface area contributed by atoms with Crippen molar-refractivity contribution in [2.45, 2.75) is 37.2 Å². The fourth-order valence-electron chi connectivity index (χ4n) is 2.52. The Balaban J connectivity index is 1.76. The van der Waals surface area contributed by atoms with Gasteiger partial charge in [0.25, 0.3) is 0 Å². The Bertz CT molecular complexity index is 1010. The number of amides is 2. The summed E-state index contributed by atoms with van der Waals surface area (Å²) < 4.78 is 66.7. The van der Waals surface area contributed by atoms with Crippen LogP contribution in [-0.4, -0.2) is 39.2 Å². The van der Waals surface area contributed by atoms with Gasteiger partial charge in [0, 0.05) is 19.5 Å². The average Bonchev–Trinajstić information content (AvgIpc) is 2.71. The lowest BCUT2D eigenvalue weighted by Crippen LogP contribution is -2.45. The summed E-state index contributed by atoms with van der Waals surface area (Å²) >= 11 is 0. The zero-order chi connectivity index (χ0) is 23.8. The molecule has 1 unspecified atom stereocenters. The maximum absolute atomic E-state index is 12.2.